The van der Waals surface area contributed by atoms with E-state index in [4.69, 9.17) is 9.84 Å². The van der Waals surface area contributed by atoms with Crippen molar-refractivity contribution in [1.29, 1.82) is 0 Å². The summed E-state index contributed by atoms with van der Waals surface area (Å²) in [6, 6.07) is 4.74. The summed E-state index contributed by atoms with van der Waals surface area (Å²) in [5, 5.41) is 9.41. The molecule has 1 aromatic heterocycles. The maximum Gasteiger partial charge on any atom is 0.303 e. The molecule has 0 saturated carbocycles. The van der Waals surface area contributed by atoms with Crippen LogP contribution in [-0.4, -0.2) is 41.6 Å². The standard InChI is InChI=1S/C19H22FNO4S/c1-25-11-13-17-14(20)6-4-7-15(17)26-18(13)19(24)21-10-3-2-5-12(21)8-9-16(22)23/h4,6-7,12H,2-3,5,8-11H2,1H3,(H,22,23). The number of hydrogen-bond donors (Lipinski definition) is 1. The first-order valence-electron chi connectivity index (χ1n) is 8.74. The number of halogens is 1. The number of amides is 1. The van der Waals surface area contributed by atoms with Gasteiger partial charge >= 0.3 is 5.97 Å². The van der Waals surface area contributed by atoms with Crippen molar-refractivity contribution in [2.75, 3.05) is 13.7 Å². The van der Waals surface area contributed by atoms with Gasteiger partial charge in [-0.1, -0.05) is 6.07 Å². The molecular formula is C19H22FNO4S. The highest BCUT2D eigenvalue weighted by Gasteiger charge is 2.31. The molecule has 1 atom stereocenters. The van der Waals surface area contributed by atoms with Gasteiger partial charge in [0.05, 0.1) is 11.5 Å². The average molecular weight is 379 g/mol. The van der Waals surface area contributed by atoms with Crippen LogP contribution in [0.4, 0.5) is 4.39 Å². The molecule has 1 unspecified atom stereocenters. The number of aliphatic carboxylic acids is 1. The molecule has 1 N–H and O–H groups in total. The molecule has 5 nitrogen and oxygen atoms in total. The summed E-state index contributed by atoms with van der Waals surface area (Å²) in [7, 11) is 1.52. The third-order valence-electron chi connectivity index (χ3n) is 4.83. The Morgan fingerprint density at radius 2 is 2.19 bits per heavy atom. The molecule has 2 aromatic rings. The van der Waals surface area contributed by atoms with Gasteiger partial charge in [0.15, 0.2) is 0 Å². The van der Waals surface area contributed by atoms with E-state index in [1.807, 2.05) is 0 Å². The van der Waals surface area contributed by atoms with Gasteiger partial charge in [-0.25, -0.2) is 4.39 Å². The van der Waals surface area contributed by atoms with Gasteiger partial charge in [-0.15, -0.1) is 11.3 Å². The Kier molecular flexibility index (Phi) is 5.88. The molecule has 7 heteroatoms. The van der Waals surface area contributed by atoms with Gasteiger partial charge in [-0.2, -0.15) is 0 Å². The Bertz CT molecular complexity index is 819. The number of carbonyl (C=O) groups excluding carboxylic acids is 1. The van der Waals surface area contributed by atoms with Crippen LogP contribution in [0.1, 0.15) is 47.3 Å². The number of carbonyl (C=O) groups is 2. The zero-order valence-electron chi connectivity index (χ0n) is 14.7. The number of piperidine rings is 1. The summed E-state index contributed by atoms with van der Waals surface area (Å²) in [6.07, 6.45) is 3.17. The molecule has 1 amide bonds. The first kappa shape index (κ1) is 18.8. The molecule has 1 aromatic carbocycles. The van der Waals surface area contributed by atoms with E-state index >= 15 is 0 Å². The fourth-order valence-corrected chi connectivity index (χ4v) is 4.79. The summed E-state index contributed by atoms with van der Waals surface area (Å²) < 4.78 is 20.3. The fraction of sp³-hybridized carbons (Fsp3) is 0.474. The lowest BCUT2D eigenvalue weighted by Crippen LogP contribution is -2.44. The zero-order chi connectivity index (χ0) is 18.7. The number of carboxylic acids is 1. The molecule has 2 heterocycles. The van der Waals surface area contributed by atoms with Crippen molar-refractivity contribution in [3.63, 3.8) is 0 Å². The number of fused-ring (bicyclic) bond motifs is 1. The van der Waals surface area contributed by atoms with Crippen LogP contribution in [0.2, 0.25) is 0 Å². The fourth-order valence-electron chi connectivity index (χ4n) is 3.61. The minimum absolute atomic E-state index is 0.0421. The van der Waals surface area contributed by atoms with Gasteiger partial charge in [0.2, 0.25) is 0 Å². The maximum atomic E-state index is 14.3. The molecule has 3 rings (SSSR count). The molecule has 0 spiro atoms. The maximum absolute atomic E-state index is 14.3. The van der Waals surface area contributed by atoms with E-state index in [2.05, 4.69) is 0 Å². The number of methoxy groups -OCH3 is 1. The van der Waals surface area contributed by atoms with E-state index in [1.165, 1.54) is 24.5 Å². The molecule has 1 fully saturated rings. The summed E-state index contributed by atoms with van der Waals surface area (Å²) in [4.78, 5) is 26.4. The minimum atomic E-state index is -0.855. The average Bonchev–Trinajstić information content (AvgIpc) is 3.00. The normalized spacial score (nSPS) is 17.6. The summed E-state index contributed by atoms with van der Waals surface area (Å²) in [6.45, 7) is 0.766. The molecule has 1 saturated heterocycles. The monoisotopic (exact) mass is 379 g/mol. The summed E-state index contributed by atoms with van der Waals surface area (Å²) in [5.74, 6) is -1.36. The Morgan fingerprint density at radius 1 is 1.38 bits per heavy atom. The van der Waals surface area contributed by atoms with Crippen molar-refractivity contribution in [1.82, 2.24) is 4.90 Å². The van der Waals surface area contributed by atoms with Crippen molar-refractivity contribution >= 4 is 33.3 Å². The number of rotatable bonds is 6. The largest absolute Gasteiger partial charge is 0.481 e. The quantitative estimate of drug-likeness (QED) is 0.822. The first-order valence-corrected chi connectivity index (χ1v) is 9.56. The Labute approximate surface area is 155 Å². The number of hydrogen-bond acceptors (Lipinski definition) is 4. The topological polar surface area (TPSA) is 66.8 Å². The van der Waals surface area contributed by atoms with Gasteiger partial charge in [0, 0.05) is 41.8 Å². The van der Waals surface area contributed by atoms with Crippen LogP contribution in [0.25, 0.3) is 10.1 Å². The zero-order valence-corrected chi connectivity index (χ0v) is 15.5. The minimum Gasteiger partial charge on any atom is -0.481 e. The Hall–Kier alpha value is -1.99. The predicted octanol–water partition coefficient (Wildman–Crippen LogP) is 4.05. The highest BCUT2D eigenvalue weighted by atomic mass is 32.1. The van der Waals surface area contributed by atoms with Gasteiger partial charge in [-0.05, 0) is 37.8 Å². The van der Waals surface area contributed by atoms with E-state index in [0.29, 0.717) is 28.8 Å². The van der Waals surface area contributed by atoms with Crippen molar-refractivity contribution in [2.24, 2.45) is 0 Å². The third-order valence-corrected chi connectivity index (χ3v) is 6.01. The molecule has 0 radical (unpaired) electrons. The highest BCUT2D eigenvalue weighted by Crippen LogP contribution is 2.36. The number of nitrogens with zero attached hydrogens (tertiary/aromatic N) is 1. The second-order valence-corrected chi connectivity index (χ2v) is 7.59. The number of benzene rings is 1. The molecular weight excluding hydrogens is 357 g/mol. The van der Waals surface area contributed by atoms with Crippen LogP contribution in [0, 0.1) is 5.82 Å². The molecule has 1 aliphatic heterocycles. The molecule has 0 aliphatic carbocycles. The second kappa shape index (κ2) is 8.14. The van der Waals surface area contributed by atoms with Crippen LogP contribution >= 0.6 is 11.3 Å². The highest BCUT2D eigenvalue weighted by molar-refractivity contribution is 7.21. The number of carboxylic acid groups (broad SMARTS) is 1. The lowest BCUT2D eigenvalue weighted by Gasteiger charge is -2.35. The van der Waals surface area contributed by atoms with Gasteiger partial charge < -0.3 is 14.7 Å². The van der Waals surface area contributed by atoms with E-state index in [9.17, 15) is 14.0 Å². The third kappa shape index (κ3) is 3.73. The predicted molar refractivity (Wildman–Crippen MR) is 98.0 cm³/mol. The van der Waals surface area contributed by atoms with Crippen molar-refractivity contribution in [2.45, 2.75) is 44.8 Å². The molecule has 1 aliphatic rings. The number of thiophene rings is 1. The smallest absolute Gasteiger partial charge is 0.303 e. The second-order valence-electron chi connectivity index (χ2n) is 6.54. The van der Waals surface area contributed by atoms with E-state index in [1.54, 1.807) is 17.0 Å². The Morgan fingerprint density at radius 3 is 2.92 bits per heavy atom. The van der Waals surface area contributed by atoms with E-state index in [-0.39, 0.29) is 30.8 Å². The van der Waals surface area contributed by atoms with E-state index < -0.39 is 5.97 Å². The van der Waals surface area contributed by atoms with Crippen LogP contribution < -0.4 is 0 Å². The lowest BCUT2D eigenvalue weighted by molar-refractivity contribution is -0.137. The molecule has 26 heavy (non-hydrogen) atoms. The Balaban J connectivity index is 1.96. The molecule has 0 bridgehead atoms. The van der Waals surface area contributed by atoms with Crippen LogP contribution in [-0.2, 0) is 16.1 Å². The van der Waals surface area contributed by atoms with Gasteiger partial charge in [0.25, 0.3) is 5.91 Å². The van der Waals surface area contributed by atoms with E-state index in [0.717, 1.165) is 24.0 Å². The van der Waals surface area contributed by atoms with Crippen molar-refractivity contribution < 1.29 is 23.8 Å². The van der Waals surface area contributed by atoms with Gasteiger partial charge in [0.1, 0.15) is 5.82 Å². The lowest BCUT2D eigenvalue weighted by atomic mass is 9.97. The van der Waals surface area contributed by atoms with Crippen LogP contribution in [0.15, 0.2) is 18.2 Å². The SMILES string of the molecule is COCc1c(C(=O)N2CCCCC2CCC(=O)O)sc2cccc(F)c12. The molecule has 140 valence electrons. The van der Waals surface area contributed by atoms with Crippen LogP contribution in [0.3, 0.4) is 0 Å². The van der Waals surface area contributed by atoms with Crippen LogP contribution in [0.5, 0.6) is 0 Å². The van der Waals surface area contributed by atoms with Crippen molar-refractivity contribution in [3.05, 3.63) is 34.5 Å². The summed E-state index contributed by atoms with van der Waals surface area (Å²) >= 11 is 1.28. The number of likely N-dealkylation sites (tertiary alicyclic amines) is 1. The number of ether oxygens (including phenoxy) is 1. The van der Waals surface area contributed by atoms with Crippen molar-refractivity contribution in [3.8, 4) is 0 Å². The summed E-state index contributed by atoms with van der Waals surface area (Å²) in [5.41, 5.74) is 0.582. The van der Waals surface area contributed by atoms with Gasteiger partial charge in [-0.3, -0.25) is 9.59 Å². The first-order chi connectivity index (χ1) is 12.5.